The number of pyridine rings is 1. The fourth-order valence-corrected chi connectivity index (χ4v) is 5.07. The van der Waals surface area contributed by atoms with Crippen molar-refractivity contribution in [1.29, 1.82) is 0 Å². The molecule has 180 valence electrons. The normalized spacial score (nSPS) is 30.9. The van der Waals surface area contributed by atoms with Crippen LogP contribution >= 0.6 is 0 Å². The summed E-state index contributed by atoms with van der Waals surface area (Å²) in [4.78, 5) is 16.4. The van der Waals surface area contributed by atoms with Gasteiger partial charge < -0.3 is 15.4 Å². The topological polar surface area (TPSA) is 63.2 Å². The van der Waals surface area contributed by atoms with E-state index in [0.717, 1.165) is 25.7 Å². The molecule has 0 radical (unpaired) electrons. The third kappa shape index (κ3) is 5.64. The first-order chi connectivity index (χ1) is 14.9. The van der Waals surface area contributed by atoms with E-state index in [0.29, 0.717) is 42.9 Å². The lowest BCUT2D eigenvalue weighted by atomic mass is 9.75. The molecule has 2 unspecified atom stereocenters. The number of hydrogen-bond donors (Lipinski definition) is 2. The molecule has 0 aliphatic heterocycles. The number of amides is 1. The molecule has 1 heterocycles. The summed E-state index contributed by atoms with van der Waals surface area (Å²) in [6.07, 6.45) is 0.301. The Bertz CT molecular complexity index is 817. The number of alkyl carbamates (subject to hydrolysis) is 1. The highest BCUT2D eigenvalue weighted by Crippen LogP contribution is 2.37. The molecule has 5 atom stereocenters. The van der Waals surface area contributed by atoms with Crippen LogP contribution in [0.2, 0.25) is 0 Å². The zero-order valence-corrected chi connectivity index (χ0v) is 19.1. The van der Waals surface area contributed by atoms with Crippen molar-refractivity contribution in [3.63, 3.8) is 0 Å². The van der Waals surface area contributed by atoms with Crippen molar-refractivity contribution in [3.05, 3.63) is 23.6 Å². The Labute approximate surface area is 186 Å². The predicted octanol–water partition coefficient (Wildman–Crippen LogP) is 6.15. The number of halogens is 4. The van der Waals surface area contributed by atoms with Gasteiger partial charge in [-0.3, -0.25) is 0 Å². The van der Waals surface area contributed by atoms with Crippen molar-refractivity contribution in [2.24, 2.45) is 17.8 Å². The molecular formula is C23H33F4N3O2. The first-order valence-electron chi connectivity index (χ1n) is 11.4. The molecule has 5 nitrogen and oxygen atoms in total. The summed E-state index contributed by atoms with van der Waals surface area (Å²) in [7, 11) is 0. The monoisotopic (exact) mass is 459 g/mol. The molecule has 1 aromatic rings. The molecule has 1 aromatic heterocycles. The minimum Gasteiger partial charge on any atom is -0.446 e. The number of nitrogens with one attached hydrogen (secondary N) is 2. The molecule has 9 heteroatoms. The van der Waals surface area contributed by atoms with Crippen LogP contribution in [0, 0.1) is 23.6 Å². The third-order valence-corrected chi connectivity index (χ3v) is 7.04. The van der Waals surface area contributed by atoms with E-state index in [2.05, 4.69) is 36.4 Å². The first kappa shape index (κ1) is 24.6. The van der Waals surface area contributed by atoms with Crippen LogP contribution in [0.3, 0.4) is 0 Å². The Balaban J connectivity index is 1.66. The summed E-state index contributed by atoms with van der Waals surface area (Å²) in [5.74, 6) is -0.119. The molecule has 2 saturated carbocycles. The van der Waals surface area contributed by atoms with E-state index in [9.17, 15) is 22.4 Å². The quantitative estimate of drug-likeness (QED) is 0.519. The summed E-state index contributed by atoms with van der Waals surface area (Å²) in [6.45, 7) is 8.24. The third-order valence-electron chi connectivity index (χ3n) is 7.04. The number of aromatic nitrogens is 1. The molecule has 2 fully saturated rings. The number of nitrogens with zero attached hydrogens (tertiary/aromatic N) is 1. The molecule has 3 rings (SSSR count). The average Bonchev–Trinajstić information content (AvgIpc) is 3.02. The number of ether oxygens (including phenoxy) is 1. The predicted molar refractivity (Wildman–Crippen MR) is 114 cm³/mol. The maximum absolute atomic E-state index is 14.3. The van der Waals surface area contributed by atoms with Crippen LogP contribution in [0.4, 0.5) is 28.2 Å². The Kier molecular flexibility index (Phi) is 7.25. The van der Waals surface area contributed by atoms with E-state index < -0.39 is 29.2 Å². The van der Waals surface area contributed by atoms with E-state index in [1.54, 1.807) is 0 Å². The first-order valence-corrected chi connectivity index (χ1v) is 11.4. The summed E-state index contributed by atoms with van der Waals surface area (Å²) in [5, 5.41) is 5.85. The summed E-state index contributed by atoms with van der Waals surface area (Å²) in [6, 6.07) is 0.0673. The van der Waals surface area contributed by atoms with E-state index in [4.69, 9.17) is 4.74 Å². The van der Waals surface area contributed by atoms with E-state index in [1.807, 2.05) is 6.92 Å². The van der Waals surface area contributed by atoms with Crippen LogP contribution < -0.4 is 10.6 Å². The molecular weight excluding hydrogens is 426 g/mol. The number of carbonyl (C=O) groups is 1. The molecule has 2 aliphatic rings. The second-order valence-corrected chi connectivity index (χ2v) is 9.95. The van der Waals surface area contributed by atoms with Crippen molar-refractivity contribution < 1.29 is 27.1 Å². The maximum atomic E-state index is 14.3. The van der Waals surface area contributed by atoms with Crippen molar-refractivity contribution in [1.82, 2.24) is 10.3 Å². The minimum atomic E-state index is -4.66. The van der Waals surface area contributed by atoms with Gasteiger partial charge in [0, 0.05) is 6.20 Å². The molecule has 32 heavy (non-hydrogen) atoms. The smallest absolute Gasteiger partial charge is 0.417 e. The van der Waals surface area contributed by atoms with Crippen molar-refractivity contribution in [3.8, 4) is 0 Å². The van der Waals surface area contributed by atoms with Crippen LogP contribution in [-0.2, 0) is 10.9 Å². The highest BCUT2D eigenvalue weighted by atomic mass is 19.4. The van der Waals surface area contributed by atoms with E-state index >= 15 is 0 Å². The van der Waals surface area contributed by atoms with E-state index in [1.165, 1.54) is 0 Å². The lowest BCUT2D eigenvalue weighted by Crippen LogP contribution is -2.53. The van der Waals surface area contributed by atoms with Crippen LogP contribution in [0.25, 0.3) is 0 Å². The van der Waals surface area contributed by atoms with Gasteiger partial charge in [0.05, 0.1) is 17.1 Å². The largest absolute Gasteiger partial charge is 0.446 e. The van der Waals surface area contributed by atoms with Crippen LogP contribution in [0.1, 0.15) is 71.8 Å². The molecule has 2 N–H and O–H groups in total. The Morgan fingerprint density at radius 2 is 2.00 bits per heavy atom. The lowest BCUT2D eigenvalue weighted by Gasteiger charge is -2.38. The highest BCUT2D eigenvalue weighted by molar-refractivity contribution is 5.68. The van der Waals surface area contributed by atoms with Gasteiger partial charge in [-0.1, -0.05) is 27.2 Å². The zero-order chi connectivity index (χ0) is 23.7. The number of carbonyl (C=O) groups excluding carboxylic acids is 1. The van der Waals surface area contributed by atoms with Crippen molar-refractivity contribution >= 4 is 11.9 Å². The van der Waals surface area contributed by atoms with Gasteiger partial charge in [-0.05, 0) is 62.8 Å². The Morgan fingerprint density at radius 1 is 1.28 bits per heavy atom. The van der Waals surface area contributed by atoms with Crippen molar-refractivity contribution in [2.75, 3.05) is 5.32 Å². The fraction of sp³-hybridized carbons (Fsp3) is 0.739. The molecule has 2 aliphatic carbocycles. The van der Waals surface area contributed by atoms with Gasteiger partial charge in [-0.2, -0.15) is 13.2 Å². The Hall–Kier alpha value is -2.06. The van der Waals surface area contributed by atoms with Crippen molar-refractivity contribution in [2.45, 2.75) is 90.1 Å². The fourth-order valence-electron chi connectivity index (χ4n) is 5.07. The van der Waals surface area contributed by atoms with Crippen LogP contribution in [0.5, 0.6) is 0 Å². The number of alkyl halides is 3. The number of hydrogen-bond acceptors (Lipinski definition) is 4. The standard InChI is InChI=1S/C23H33F4N3O2/c1-13(2)16-8-7-14(3)10-18(16)32-21(31)29-19-6-5-9-22(19,4)30-20-17(24)11-15(12-28-20)23(25,26)27/h11-14,16,18-19H,5-10H2,1-4H3,(H,28,30)(H,29,31)/t14-,16+,18-,19?,22?/m1/s1. The number of rotatable bonds is 5. The summed E-state index contributed by atoms with van der Waals surface area (Å²) in [5.41, 5.74) is -1.90. The SMILES string of the molecule is CC(C)[C@@H]1CC[C@@H](C)C[C@H]1OC(=O)NC1CCCC1(C)Nc1ncc(C(F)(F)F)cc1F. The molecule has 0 spiro atoms. The molecule has 1 amide bonds. The molecule has 0 aromatic carbocycles. The average molecular weight is 460 g/mol. The summed E-state index contributed by atoms with van der Waals surface area (Å²) >= 11 is 0. The zero-order valence-electron chi connectivity index (χ0n) is 19.1. The van der Waals surface area contributed by atoms with Gasteiger partial charge in [0.1, 0.15) is 6.10 Å². The summed E-state index contributed by atoms with van der Waals surface area (Å²) < 4.78 is 58.5. The van der Waals surface area contributed by atoms with Crippen LogP contribution in [-0.4, -0.2) is 28.8 Å². The van der Waals surface area contributed by atoms with Gasteiger partial charge in [0.25, 0.3) is 0 Å². The van der Waals surface area contributed by atoms with Gasteiger partial charge in [0.2, 0.25) is 0 Å². The van der Waals surface area contributed by atoms with Gasteiger partial charge in [0.15, 0.2) is 11.6 Å². The Morgan fingerprint density at radius 3 is 2.62 bits per heavy atom. The second kappa shape index (κ2) is 9.43. The molecule has 0 saturated heterocycles. The maximum Gasteiger partial charge on any atom is 0.417 e. The second-order valence-electron chi connectivity index (χ2n) is 9.95. The number of anilines is 1. The highest BCUT2D eigenvalue weighted by Gasteiger charge is 2.42. The van der Waals surface area contributed by atoms with Gasteiger partial charge >= 0.3 is 12.3 Å². The van der Waals surface area contributed by atoms with Gasteiger partial charge in [-0.15, -0.1) is 0 Å². The van der Waals surface area contributed by atoms with E-state index in [-0.39, 0.29) is 18.0 Å². The molecule has 0 bridgehead atoms. The minimum absolute atomic E-state index is 0.145. The van der Waals surface area contributed by atoms with Gasteiger partial charge in [-0.25, -0.2) is 14.2 Å². The lowest BCUT2D eigenvalue weighted by molar-refractivity contribution is -0.138. The van der Waals surface area contributed by atoms with Crippen LogP contribution in [0.15, 0.2) is 12.3 Å².